The molecule has 0 radical (unpaired) electrons. The molecule has 4 rings (SSSR count). The predicted octanol–water partition coefficient (Wildman–Crippen LogP) is 1.50. The molecule has 1 saturated heterocycles. The standard InChI is InChI=1S/C21H26N4O4/c1-13(19(26)24-10-6-7-11-24)25-12-15-17(20(25)27)18(22-21(28)23(15)2)14-8-4-5-9-16(14)29-3/h4-5,8-9,13,18H,6-7,10-12H2,1-3H3,(H,22,28)/t13-,18-/m0/s1. The van der Waals surface area contributed by atoms with Crippen molar-refractivity contribution in [2.75, 3.05) is 33.8 Å². The molecule has 29 heavy (non-hydrogen) atoms. The second kappa shape index (κ2) is 7.42. The fourth-order valence-electron chi connectivity index (χ4n) is 4.37. The molecule has 3 heterocycles. The third-order valence-electron chi connectivity index (χ3n) is 6.08. The number of methoxy groups -OCH3 is 1. The van der Waals surface area contributed by atoms with E-state index in [0.717, 1.165) is 31.5 Å². The number of urea groups is 1. The van der Waals surface area contributed by atoms with Crippen LogP contribution >= 0.6 is 0 Å². The number of carbonyl (C=O) groups excluding carboxylic acids is 3. The molecule has 154 valence electrons. The molecule has 4 amide bonds. The Labute approximate surface area is 170 Å². The van der Waals surface area contributed by atoms with Gasteiger partial charge in [0, 0.05) is 25.7 Å². The molecule has 1 N–H and O–H groups in total. The van der Waals surface area contributed by atoms with Gasteiger partial charge in [-0.3, -0.25) is 14.5 Å². The Morgan fingerprint density at radius 1 is 1.21 bits per heavy atom. The van der Waals surface area contributed by atoms with Crippen LogP contribution in [0.25, 0.3) is 0 Å². The van der Waals surface area contributed by atoms with E-state index < -0.39 is 12.1 Å². The van der Waals surface area contributed by atoms with Crippen LogP contribution in [-0.2, 0) is 9.59 Å². The first kappa shape index (κ1) is 19.3. The first-order valence-corrected chi connectivity index (χ1v) is 9.94. The third kappa shape index (κ3) is 3.12. The van der Waals surface area contributed by atoms with Crippen LogP contribution in [-0.4, -0.2) is 72.4 Å². The largest absolute Gasteiger partial charge is 0.496 e. The number of para-hydroxylation sites is 1. The van der Waals surface area contributed by atoms with Crippen LogP contribution in [0.5, 0.6) is 5.75 Å². The molecule has 0 spiro atoms. The van der Waals surface area contributed by atoms with E-state index in [1.807, 2.05) is 23.1 Å². The van der Waals surface area contributed by atoms with Gasteiger partial charge in [-0.1, -0.05) is 18.2 Å². The molecule has 1 fully saturated rings. The van der Waals surface area contributed by atoms with E-state index in [-0.39, 0.29) is 24.4 Å². The van der Waals surface area contributed by atoms with Gasteiger partial charge in [0.15, 0.2) is 0 Å². The smallest absolute Gasteiger partial charge is 0.322 e. The van der Waals surface area contributed by atoms with Crippen molar-refractivity contribution < 1.29 is 19.1 Å². The zero-order valence-electron chi connectivity index (χ0n) is 17.0. The highest BCUT2D eigenvalue weighted by Gasteiger charge is 2.46. The molecular formula is C21H26N4O4. The van der Waals surface area contributed by atoms with Crippen molar-refractivity contribution in [1.82, 2.24) is 20.0 Å². The molecule has 2 atom stereocenters. The molecule has 0 aliphatic carbocycles. The lowest BCUT2D eigenvalue weighted by molar-refractivity contribution is -0.141. The van der Waals surface area contributed by atoms with Gasteiger partial charge < -0.3 is 19.9 Å². The van der Waals surface area contributed by atoms with E-state index >= 15 is 0 Å². The maximum absolute atomic E-state index is 13.4. The number of benzene rings is 1. The number of ether oxygens (including phenoxy) is 1. The number of nitrogens with zero attached hydrogens (tertiary/aromatic N) is 3. The van der Waals surface area contributed by atoms with Crippen molar-refractivity contribution >= 4 is 17.8 Å². The fourth-order valence-corrected chi connectivity index (χ4v) is 4.37. The molecule has 8 heteroatoms. The summed E-state index contributed by atoms with van der Waals surface area (Å²) in [6.07, 6.45) is 2.00. The highest BCUT2D eigenvalue weighted by molar-refractivity contribution is 6.03. The van der Waals surface area contributed by atoms with E-state index in [9.17, 15) is 14.4 Å². The van der Waals surface area contributed by atoms with E-state index in [2.05, 4.69) is 5.32 Å². The van der Waals surface area contributed by atoms with Gasteiger partial charge in [-0.25, -0.2) is 4.79 Å². The molecule has 1 aromatic rings. The van der Waals surface area contributed by atoms with Crippen molar-refractivity contribution in [1.29, 1.82) is 0 Å². The first-order valence-electron chi connectivity index (χ1n) is 9.94. The number of carbonyl (C=O) groups is 3. The number of likely N-dealkylation sites (N-methyl/N-ethyl adjacent to an activating group) is 1. The zero-order valence-corrected chi connectivity index (χ0v) is 17.0. The monoisotopic (exact) mass is 398 g/mol. The number of rotatable bonds is 4. The summed E-state index contributed by atoms with van der Waals surface area (Å²) >= 11 is 0. The van der Waals surface area contributed by atoms with Crippen molar-refractivity contribution in [3.63, 3.8) is 0 Å². The maximum Gasteiger partial charge on any atom is 0.322 e. The average molecular weight is 398 g/mol. The lowest BCUT2D eigenvalue weighted by Gasteiger charge is -2.31. The summed E-state index contributed by atoms with van der Waals surface area (Å²) in [5.74, 6) is 0.343. The highest BCUT2D eigenvalue weighted by Crippen LogP contribution is 2.39. The number of hydrogen-bond donors (Lipinski definition) is 1. The van der Waals surface area contributed by atoms with Gasteiger partial charge >= 0.3 is 6.03 Å². The van der Waals surface area contributed by atoms with Crippen molar-refractivity contribution in [2.24, 2.45) is 0 Å². The van der Waals surface area contributed by atoms with Gasteiger partial charge in [-0.05, 0) is 25.8 Å². The first-order chi connectivity index (χ1) is 13.9. The minimum atomic E-state index is -0.614. The maximum atomic E-state index is 13.4. The van der Waals surface area contributed by atoms with Crippen molar-refractivity contribution in [3.05, 3.63) is 41.1 Å². The number of hydrogen-bond acceptors (Lipinski definition) is 4. The zero-order chi connectivity index (χ0) is 20.7. The molecule has 8 nitrogen and oxygen atoms in total. The van der Waals surface area contributed by atoms with Crippen LogP contribution in [0.15, 0.2) is 35.5 Å². The Hall–Kier alpha value is -3.03. The molecular weight excluding hydrogens is 372 g/mol. The summed E-state index contributed by atoms with van der Waals surface area (Å²) < 4.78 is 5.45. The Morgan fingerprint density at radius 2 is 1.90 bits per heavy atom. The Kier molecular flexibility index (Phi) is 4.94. The van der Waals surface area contributed by atoms with Gasteiger partial charge in [0.05, 0.1) is 31.0 Å². The Morgan fingerprint density at radius 3 is 2.59 bits per heavy atom. The van der Waals surface area contributed by atoms with Gasteiger partial charge in [0.2, 0.25) is 5.91 Å². The van der Waals surface area contributed by atoms with Gasteiger partial charge in [-0.2, -0.15) is 0 Å². The molecule has 0 aromatic heterocycles. The van der Waals surface area contributed by atoms with E-state index in [0.29, 0.717) is 17.0 Å². The van der Waals surface area contributed by atoms with Crippen LogP contribution in [0.1, 0.15) is 31.4 Å². The minimum absolute atomic E-state index is 0.0357. The van der Waals surface area contributed by atoms with Gasteiger partial charge in [-0.15, -0.1) is 0 Å². The summed E-state index contributed by atoms with van der Waals surface area (Å²) in [4.78, 5) is 43.7. The molecule has 0 saturated carbocycles. The summed E-state index contributed by atoms with van der Waals surface area (Å²) in [5.41, 5.74) is 1.85. The van der Waals surface area contributed by atoms with Gasteiger partial charge in [0.1, 0.15) is 11.8 Å². The number of nitrogens with one attached hydrogen (secondary N) is 1. The fraction of sp³-hybridized carbons (Fsp3) is 0.476. The number of likely N-dealkylation sites (tertiary alicyclic amines) is 1. The SMILES string of the molecule is COc1ccccc1[C@@H]1NC(=O)N(C)C2=C1C(=O)N([C@@H](C)C(=O)N1CCCC1)C2. The second-order valence-electron chi connectivity index (χ2n) is 7.69. The highest BCUT2D eigenvalue weighted by atomic mass is 16.5. The van der Waals surface area contributed by atoms with Crippen LogP contribution < -0.4 is 10.1 Å². The molecule has 3 aliphatic heterocycles. The summed E-state index contributed by atoms with van der Waals surface area (Å²) in [7, 11) is 3.21. The Balaban J connectivity index is 1.67. The van der Waals surface area contributed by atoms with Crippen LogP contribution in [0.4, 0.5) is 4.79 Å². The van der Waals surface area contributed by atoms with E-state index in [1.54, 1.807) is 32.0 Å². The summed E-state index contributed by atoms with van der Waals surface area (Å²) in [6, 6.07) is 5.86. The van der Waals surface area contributed by atoms with Crippen LogP contribution in [0.2, 0.25) is 0 Å². The topological polar surface area (TPSA) is 82.2 Å². The van der Waals surface area contributed by atoms with Crippen molar-refractivity contribution in [3.8, 4) is 5.75 Å². The summed E-state index contributed by atoms with van der Waals surface area (Å²) in [5, 5.41) is 2.91. The molecule has 0 unspecified atom stereocenters. The minimum Gasteiger partial charge on any atom is -0.496 e. The summed E-state index contributed by atoms with van der Waals surface area (Å²) in [6.45, 7) is 3.49. The predicted molar refractivity (Wildman–Crippen MR) is 106 cm³/mol. The Bertz CT molecular complexity index is 890. The molecule has 1 aromatic carbocycles. The van der Waals surface area contributed by atoms with Crippen molar-refractivity contribution in [2.45, 2.75) is 31.8 Å². The lowest BCUT2D eigenvalue weighted by atomic mass is 9.95. The van der Waals surface area contributed by atoms with Crippen LogP contribution in [0, 0.1) is 0 Å². The van der Waals surface area contributed by atoms with Crippen LogP contribution in [0.3, 0.4) is 0 Å². The van der Waals surface area contributed by atoms with Gasteiger partial charge in [0.25, 0.3) is 5.91 Å². The van der Waals surface area contributed by atoms with E-state index in [1.165, 1.54) is 4.90 Å². The molecule has 3 aliphatic rings. The normalized spacial score (nSPS) is 22.7. The van der Waals surface area contributed by atoms with E-state index in [4.69, 9.17) is 4.74 Å². The number of amides is 4. The molecule has 0 bridgehead atoms. The third-order valence-corrected chi connectivity index (χ3v) is 6.08. The lowest BCUT2D eigenvalue weighted by Crippen LogP contribution is -2.47. The average Bonchev–Trinajstić information content (AvgIpc) is 3.38. The quantitative estimate of drug-likeness (QED) is 0.833. The second-order valence-corrected chi connectivity index (χ2v) is 7.69.